The SMILES string of the molecule is COC(=O)C(COC[C@@H](Cc1ccc(C)cc1)[C@@H](OCC(C)C)[C@H](C)O)NC(=O)OC(C)(C)C. The summed E-state index contributed by atoms with van der Waals surface area (Å²) in [5.41, 5.74) is 1.55. The number of aryl methyl sites for hydroxylation is 1. The number of carbonyl (C=O) groups is 2. The van der Waals surface area contributed by atoms with E-state index in [1.54, 1.807) is 27.7 Å². The van der Waals surface area contributed by atoms with Crippen molar-refractivity contribution < 1.29 is 33.6 Å². The summed E-state index contributed by atoms with van der Waals surface area (Å²) in [4.78, 5) is 24.3. The predicted octanol–water partition coefficient (Wildman–Crippen LogP) is 3.66. The maximum atomic E-state index is 12.2. The van der Waals surface area contributed by atoms with E-state index < -0.39 is 35.9 Å². The molecule has 0 aliphatic carbocycles. The van der Waals surface area contributed by atoms with E-state index >= 15 is 0 Å². The van der Waals surface area contributed by atoms with Gasteiger partial charge in [-0.25, -0.2) is 9.59 Å². The first kappa shape index (κ1) is 29.9. The van der Waals surface area contributed by atoms with Crippen molar-refractivity contribution in [3.05, 3.63) is 35.4 Å². The highest BCUT2D eigenvalue weighted by Gasteiger charge is 2.30. The minimum atomic E-state index is -1.03. The number of aliphatic hydroxyl groups is 1. The van der Waals surface area contributed by atoms with Crippen molar-refractivity contribution in [1.82, 2.24) is 5.32 Å². The second kappa shape index (κ2) is 14.3. The first-order valence-electron chi connectivity index (χ1n) is 11.8. The van der Waals surface area contributed by atoms with Crippen molar-refractivity contribution in [3.8, 4) is 0 Å². The van der Waals surface area contributed by atoms with Crippen LogP contribution in [-0.2, 0) is 30.2 Å². The largest absolute Gasteiger partial charge is 0.467 e. The molecule has 4 atom stereocenters. The van der Waals surface area contributed by atoms with E-state index in [1.807, 2.05) is 45.0 Å². The lowest BCUT2D eigenvalue weighted by Gasteiger charge is -2.31. The fourth-order valence-corrected chi connectivity index (χ4v) is 3.37. The summed E-state index contributed by atoms with van der Waals surface area (Å²) in [6.45, 7) is 13.6. The van der Waals surface area contributed by atoms with Gasteiger partial charge in [-0.3, -0.25) is 0 Å². The van der Waals surface area contributed by atoms with Crippen molar-refractivity contribution in [3.63, 3.8) is 0 Å². The van der Waals surface area contributed by atoms with E-state index in [0.29, 0.717) is 18.9 Å². The average Bonchev–Trinajstić information content (AvgIpc) is 2.72. The lowest BCUT2D eigenvalue weighted by atomic mass is 9.91. The summed E-state index contributed by atoms with van der Waals surface area (Å²) in [5, 5.41) is 13.0. The fourth-order valence-electron chi connectivity index (χ4n) is 3.37. The van der Waals surface area contributed by atoms with E-state index in [4.69, 9.17) is 18.9 Å². The van der Waals surface area contributed by atoms with E-state index in [-0.39, 0.29) is 19.1 Å². The monoisotopic (exact) mass is 481 g/mol. The molecule has 34 heavy (non-hydrogen) atoms. The van der Waals surface area contributed by atoms with Gasteiger partial charge < -0.3 is 29.4 Å². The quantitative estimate of drug-likeness (QED) is 0.415. The van der Waals surface area contributed by atoms with Crippen LogP contribution in [-0.4, -0.2) is 68.0 Å². The lowest BCUT2D eigenvalue weighted by Crippen LogP contribution is -2.47. The molecule has 1 amide bonds. The second-order valence-corrected chi connectivity index (χ2v) is 10.1. The maximum absolute atomic E-state index is 12.2. The molecule has 2 N–H and O–H groups in total. The Morgan fingerprint density at radius 1 is 1.03 bits per heavy atom. The van der Waals surface area contributed by atoms with Crippen LogP contribution in [0.4, 0.5) is 4.79 Å². The predicted molar refractivity (Wildman–Crippen MR) is 131 cm³/mol. The molecule has 8 heteroatoms. The smallest absolute Gasteiger partial charge is 0.408 e. The molecule has 0 fully saturated rings. The Morgan fingerprint density at radius 2 is 1.65 bits per heavy atom. The van der Waals surface area contributed by atoms with Gasteiger partial charge in [0.05, 0.1) is 32.5 Å². The molecule has 0 bridgehead atoms. The third-order valence-electron chi connectivity index (χ3n) is 4.97. The zero-order valence-corrected chi connectivity index (χ0v) is 21.9. The highest BCUT2D eigenvalue weighted by molar-refractivity contribution is 5.81. The lowest BCUT2D eigenvalue weighted by molar-refractivity contribution is -0.145. The van der Waals surface area contributed by atoms with Crippen LogP contribution in [0.1, 0.15) is 52.7 Å². The first-order chi connectivity index (χ1) is 15.8. The summed E-state index contributed by atoms with van der Waals surface area (Å²) in [5.74, 6) is -0.505. The zero-order chi connectivity index (χ0) is 25.9. The molecule has 8 nitrogen and oxygen atoms in total. The highest BCUT2D eigenvalue weighted by Crippen LogP contribution is 2.21. The fraction of sp³-hybridized carbons (Fsp3) is 0.692. The number of esters is 1. The molecule has 1 unspecified atom stereocenters. The van der Waals surface area contributed by atoms with Crippen molar-refractivity contribution >= 4 is 12.1 Å². The van der Waals surface area contributed by atoms with Crippen LogP contribution in [0.5, 0.6) is 0 Å². The number of aliphatic hydroxyl groups excluding tert-OH is 1. The van der Waals surface area contributed by atoms with Crippen LogP contribution in [0.2, 0.25) is 0 Å². The van der Waals surface area contributed by atoms with Crippen molar-refractivity contribution in [1.29, 1.82) is 0 Å². The Bertz CT molecular complexity index is 741. The Labute approximate surface area is 204 Å². The Hall–Kier alpha value is -2.16. The Balaban J connectivity index is 2.93. The topological polar surface area (TPSA) is 103 Å². The number of nitrogens with one attached hydrogen (secondary N) is 1. The normalized spacial score (nSPS) is 15.4. The Morgan fingerprint density at radius 3 is 2.15 bits per heavy atom. The van der Waals surface area contributed by atoms with Gasteiger partial charge >= 0.3 is 12.1 Å². The van der Waals surface area contributed by atoms with Crippen LogP contribution in [0, 0.1) is 18.8 Å². The molecule has 1 aromatic rings. The van der Waals surface area contributed by atoms with Gasteiger partial charge in [-0.1, -0.05) is 43.7 Å². The number of amides is 1. The van der Waals surface area contributed by atoms with Crippen molar-refractivity contribution in [2.24, 2.45) is 11.8 Å². The Kier molecular flexibility index (Phi) is 12.6. The third kappa shape index (κ3) is 11.8. The van der Waals surface area contributed by atoms with E-state index in [1.165, 1.54) is 7.11 Å². The average molecular weight is 482 g/mol. The first-order valence-corrected chi connectivity index (χ1v) is 11.8. The number of hydrogen-bond acceptors (Lipinski definition) is 7. The number of carbonyl (C=O) groups excluding carboxylic acids is 2. The minimum absolute atomic E-state index is 0.104. The zero-order valence-electron chi connectivity index (χ0n) is 21.9. The summed E-state index contributed by atoms with van der Waals surface area (Å²) in [6, 6.07) is 7.15. The van der Waals surface area contributed by atoms with Gasteiger partial charge in [-0.15, -0.1) is 0 Å². The van der Waals surface area contributed by atoms with E-state index in [9.17, 15) is 14.7 Å². The standard InChI is InChI=1S/C26H43NO7/c1-17(2)14-33-23(19(4)28)21(13-20-11-9-18(3)10-12-20)15-32-16-22(24(29)31-8)27-25(30)34-26(5,6)7/h9-12,17,19,21-23,28H,13-16H2,1-8H3,(H,27,30)/t19-,21+,22?,23-/m0/s1. The van der Waals surface area contributed by atoms with Crippen LogP contribution < -0.4 is 5.32 Å². The number of rotatable bonds is 13. The molecule has 1 aromatic carbocycles. The molecule has 194 valence electrons. The van der Waals surface area contributed by atoms with Gasteiger partial charge in [0.2, 0.25) is 0 Å². The van der Waals surface area contributed by atoms with E-state index in [0.717, 1.165) is 11.1 Å². The molecule has 0 aliphatic heterocycles. The number of methoxy groups -OCH3 is 1. The van der Waals surface area contributed by atoms with Gasteiger partial charge in [0.15, 0.2) is 6.04 Å². The van der Waals surface area contributed by atoms with E-state index in [2.05, 4.69) is 5.32 Å². The van der Waals surface area contributed by atoms with Crippen LogP contribution in [0.15, 0.2) is 24.3 Å². The van der Waals surface area contributed by atoms with Gasteiger partial charge in [-0.2, -0.15) is 0 Å². The minimum Gasteiger partial charge on any atom is -0.467 e. The molecule has 0 heterocycles. The summed E-state index contributed by atoms with van der Waals surface area (Å²) in [6.07, 6.45) is -1.28. The number of benzene rings is 1. The van der Waals surface area contributed by atoms with Gasteiger partial charge in [0.25, 0.3) is 0 Å². The second-order valence-electron chi connectivity index (χ2n) is 10.1. The number of alkyl carbamates (subject to hydrolysis) is 1. The number of ether oxygens (including phenoxy) is 4. The molecule has 0 saturated heterocycles. The van der Waals surface area contributed by atoms with Gasteiger partial charge in [-0.05, 0) is 52.5 Å². The molecule has 0 aromatic heterocycles. The molecular weight excluding hydrogens is 438 g/mol. The maximum Gasteiger partial charge on any atom is 0.408 e. The van der Waals surface area contributed by atoms with Crippen molar-refractivity contribution in [2.75, 3.05) is 26.9 Å². The van der Waals surface area contributed by atoms with Crippen LogP contribution in [0.25, 0.3) is 0 Å². The van der Waals surface area contributed by atoms with Gasteiger partial charge in [0, 0.05) is 12.5 Å². The third-order valence-corrected chi connectivity index (χ3v) is 4.97. The van der Waals surface area contributed by atoms with Gasteiger partial charge in [0.1, 0.15) is 5.60 Å². The summed E-state index contributed by atoms with van der Waals surface area (Å²) in [7, 11) is 1.25. The highest BCUT2D eigenvalue weighted by atomic mass is 16.6. The number of hydrogen-bond donors (Lipinski definition) is 2. The molecule has 0 radical (unpaired) electrons. The molecule has 0 aliphatic rings. The summed E-state index contributed by atoms with van der Waals surface area (Å²) >= 11 is 0. The molecule has 1 rings (SSSR count). The summed E-state index contributed by atoms with van der Waals surface area (Å²) < 4.78 is 22.0. The van der Waals surface area contributed by atoms with Crippen LogP contribution in [0.3, 0.4) is 0 Å². The van der Waals surface area contributed by atoms with Crippen molar-refractivity contribution in [2.45, 2.75) is 78.7 Å². The van der Waals surface area contributed by atoms with Crippen LogP contribution >= 0.6 is 0 Å². The molecular formula is C26H43NO7. The molecule has 0 saturated carbocycles. The molecule has 0 spiro atoms.